The van der Waals surface area contributed by atoms with Gasteiger partial charge in [0.15, 0.2) is 0 Å². The molecule has 2 rings (SSSR count). The molecule has 1 heterocycles. The van der Waals surface area contributed by atoms with Crippen LogP contribution >= 0.6 is 0 Å². The van der Waals surface area contributed by atoms with Crippen molar-refractivity contribution in [2.45, 2.75) is 39.3 Å². The number of hydrogen-bond donors (Lipinski definition) is 0. The smallest absolute Gasteiger partial charge is 0.219 e. The summed E-state index contributed by atoms with van der Waals surface area (Å²) in [4.78, 5) is 16.1. The summed E-state index contributed by atoms with van der Waals surface area (Å²) in [5, 5.41) is 0. The van der Waals surface area contributed by atoms with Gasteiger partial charge in [0.25, 0.3) is 0 Å². The van der Waals surface area contributed by atoms with Crippen molar-refractivity contribution in [3.63, 3.8) is 0 Å². The van der Waals surface area contributed by atoms with Gasteiger partial charge in [-0.05, 0) is 25.8 Å². The van der Waals surface area contributed by atoms with Gasteiger partial charge in [-0.1, -0.05) is 30.3 Å². The quantitative estimate of drug-likeness (QED) is 0.831. The molecule has 104 valence electrons. The number of likely N-dealkylation sites (tertiary alicyclic amines) is 1. The van der Waals surface area contributed by atoms with Crippen molar-refractivity contribution < 1.29 is 4.79 Å². The van der Waals surface area contributed by atoms with E-state index < -0.39 is 0 Å². The summed E-state index contributed by atoms with van der Waals surface area (Å²) in [5.41, 5.74) is 1.36. The lowest BCUT2D eigenvalue weighted by Gasteiger charge is -2.29. The van der Waals surface area contributed by atoms with Crippen molar-refractivity contribution in [3.05, 3.63) is 35.9 Å². The minimum atomic E-state index is 0.196. The molecule has 0 unspecified atom stereocenters. The standard InChI is InChI=1S/C16H24N2O/c1-4-18(14(3)19)16-10-11-17(12-16)13(2)15-8-6-5-7-9-15/h5-9,13,16H,4,10-12H2,1-3H3/t13-,16+/m0/s1. The van der Waals surface area contributed by atoms with Gasteiger partial charge in [-0.3, -0.25) is 9.69 Å². The predicted molar refractivity (Wildman–Crippen MR) is 77.9 cm³/mol. The zero-order valence-electron chi connectivity index (χ0n) is 12.2. The number of likely N-dealkylation sites (N-methyl/N-ethyl adjacent to an activating group) is 1. The molecule has 1 aromatic rings. The van der Waals surface area contributed by atoms with Gasteiger partial charge in [0, 0.05) is 38.6 Å². The van der Waals surface area contributed by atoms with Crippen molar-refractivity contribution in [1.82, 2.24) is 9.80 Å². The number of hydrogen-bond acceptors (Lipinski definition) is 2. The van der Waals surface area contributed by atoms with E-state index >= 15 is 0 Å². The third-order valence-corrected chi connectivity index (χ3v) is 4.21. The van der Waals surface area contributed by atoms with Crippen molar-refractivity contribution in [2.75, 3.05) is 19.6 Å². The summed E-state index contributed by atoms with van der Waals surface area (Å²) < 4.78 is 0. The summed E-state index contributed by atoms with van der Waals surface area (Å²) in [5.74, 6) is 0.196. The largest absolute Gasteiger partial charge is 0.339 e. The molecule has 1 fully saturated rings. The summed E-state index contributed by atoms with van der Waals surface area (Å²) in [7, 11) is 0. The van der Waals surface area contributed by atoms with Gasteiger partial charge in [0.05, 0.1) is 0 Å². The lowest BCUT2D eigenvalue weighted by molar-refractivity contribution is -0.130. The normalized spacial score (nSPS) is 21.3. The molecular formula is C16H24N2O. The van der Waals surface area contributed by atoms with Crippen LogP contribution in [-0.4, -0.2) is 41.4 Å². The monoisotopic (exact) mass is 260 g/mol. The van der Waals surface area contributed by atoms with E-state index in [1.165, 1.54) is 5.56 Å². The Labute approximate surface area is 116 Å². The minimum absolute atomic E-state index is 0.196. The maximum atomic E-state index is 11.6. The van der Waals surface area contributed by atoms with E-state index in [1.807, 2.05) is 4.90 Å². The zero-order valence-corrected chi connectivity index (χ0v) is 12.2. The summed E-state index contributed by atoms with van der Waals surface area (Å²) in [6.07, 6.45) is 1.09. The minimum Gasteiger partial charge on any atom is -0.339 e. The average Bonchev–Trinajstić information content (AvgIpc) is 2.89. The molecule has 0 bridgehead atoms. The topological polar surface area (TPSA) is 23.6 Å². The fourth-order valence-electron chi connectivity index (χ4n) is 3.05. The second-order valence-corrected chi connectivity index (χ2v) is 5.33. The van der Waals surface area contributed by atoms with E-state index in [0.717, 1.165) is 26.1 Å². The second kappa shape index (κ2) is 6.20. The number of carbonyl (C=O) groups excluding carboxylic acids is 1. The summed E-state index contributed by atoms with van der Waals surface area (Å²) in [6.45, 7) is 8.86. The molecule has 2 atom stereocenters. The van der Waals surface area contributed by atoms with Gasteiger partial charge < -0.3 is 4.90 Å². The van der Waals surface area contributed by atoms with Gasteiger partial charge in [-0.25, -0.2) is 0 Å². The summed E-state index contributed by atoms with van der Waals surface area (Å²) >= 11 is 0. The van der Waals surface area contributed by atoms with E-state index in [-0.39, 0.29) is 5.91 Å². The van der Waals surface area contributed by atoms with Crippen LogP contribution in [0.3, 0.4) is 0 Å². The first-order valence-electron chi connectivity index (χ1n) is 7.19. The third kappa shape index (κ3) is 3.16. The van der Waals surface area contributed by atoms with Crippen LogP contribution in [0.2, 0.25) is 0 Å². The van der Waals surface area contributed by atoms with Gasteiger partial charge >= 0.3 is 0 Å². The Morgan fingerprint density at radius 2 is 2.11 bits per heavy atom. The van der Waals surface area contributed by atoms with Gasteiger partial charge in [0.1, 0.15) is 0 Å². The number of nitrogens with zero attached hydrogens (tertiary/aromatic N) is 2. The van der Waals surface area contributed by atoms with Crippen LogP contribution in [0.15, 0.2) is 30.3 Å². The second-order valence-electron chi connectivity index (χ2n) is 5.33. The molecular weight excluding hydrogens is 236 g/mol. The number of amides is 1. The molecule has 3 heteroatoms. The third-order valence-electron chi connectivity index (χ3n) is 4.21. The maximum Gasteiger partial charge on any atom is 0.219 e. The molecule has 19 heavy (non-hydrogen) atoms. The Balaban J connectivity index is 2.00. The van der Waals surface area contributed by atoms with Crippen LogP contribution in [0.4, 0.5) is 0 Å². The van der Waals surface area contributed by atoms with E-state index in [4.69, 9.17) is 0 Å². The number of rotatable bonds is 4. The van der Waals surface area contributed by atoms with Crippen LogP contribution in [0.5, 0.6) is 0 Å². The molecule has 0 N–H and O–H groups in total. The van der Waals surface area contributed by atoms with Crippen LogP contribution in [0.1, 0.15) is 38.8 Å². The van der Waals surface area contributed by atoms with Crippen molar-refractivity contribution in [2.24, 2.45) is 0 Å². The Bertz CT molecular complexity index is 418. The van der Waals surface area contributed by atoms with Gasteiger partial charge in [-0.2, -0.15) is 0 Å². The fourth-order valence-corrected chi connectivity index (χ4v) is 3.05. The Morgan fingerprint density at radius 1 is 1.42 bits per heavy atom. The van der Waals surface area contributed by atoms with E-state index in [9.17, 15) is 4.79 Å². The van der Waals surface area contributed by atoms with Gasteiger partial charge in [0.2, 0.25) is 5.91 Å². The Morgan fingerprint density at radius 3 is 2.68 bits per heavy atom. The van der Waals surface area contributed by atoms with Crippen LogP contribution in [0.25, 0.3) is 0 Å². The molecule has 1 aromatic carbocycles. The Kier molecular flexibility index (Phi) is 4.59. The maximum absolute atomic E-state index is 11.6. The highest BCUT2D eigenvalue weighted by molar-refractivity contribution is 5.73. The van der Waals surface area contributed by atoms with Crippen LogP contribution < -0.4 is 0 Å². The van der Waals surface area contributed by atoms with Crippen LogP contribution in [-0.2, 0) is 4.79 Å². The highest BCUT2D eigenvalue weighted by Crippen LogP contribution is 2.26. The van der Waals surface area contributed by atoms with Crippen LogP contribution in [0, 0.1) is 0 Å². The molecule has 0 aromatic heterocycles. The first kappa shape index (κ1) is 14.1. The van der Waals surface area contributed by atoms with Crippen molar-refractivity contribution >= 4 is 5.91 Å². The molecule has 0 aliphatic carbocycles. The van der Waals surface area contributed by atoms with Gasteiger partial charge in [-0.15, -0.1) is 0 Å². The first-order chi connectivity index (χ1) is 9.13. The molecule has 0 spiro atoms. The molecule has 0 saturated carbocycles. The summed E-state index contributed by atoms with van der Waals surface area (Å²) in [6, 6.07) is 11.4. The predicted octanol–water partition coefficient (Wildman–Crippen LogP) is 2.69. The highest BCUT2D eigenvalue weighted by Gasteiger charge is 2.30. The average molecular weight is 260 g/mol. The molecule has 3 nitrogen and oxygen atoms in total. The molecule has 1 aliphatic heterocycles. The SMILES string of the molecule is CCN(C(C)=O)[C@@H]1CCN([C@@H](C)c2ccccc2)C1. The first-order valence-corrected chi connectivity index (χ1v) is 7.19. The zero-order chi connectivity index (χ0) is 13.8. The van der Waals surface area contributed by atoms with E-state index in [2.05, 4.69) is 49.1 Å². The molecule has 1 aliphatic rings. The number of benzene rings is 1. The molecule has 0 radical (unpaired) electrons. The molecule has 1 amide bonds. The van der Waals surface area contributed by atoms with Crippen molar-refractivity contribution in [3.8, 4) is 0 Å². The fraction of sp³-hybridized carbons (Fsp3) is 0.562. The van der Waals surface area contributed by atoms with E-state index in [1.54, 1.807) is 6.92 Å². The number of carbonyl (C=O) groups is 1. The van der Waals surface area contributed by atoms with E-state index in [0.29, 0.717) is 12.1 Å². The molecule has 1 saturated heterocycles. The Hall–Kier alpha value is -1.35. The lowest BCUT2D eigenvalue weighted by atomic mass is 10.1. The lowest BCUT2D eigenvalue weighted by Crippen LogP contribution is -2.40. The highest BCUT2D eigenvalue weighted by atomic mass is 16.2. The van der Waals surface area contributed by atoms with Crippen molar-refractivity contribution in [1.29, 1.82) is 0 Å².